The smallest absolute Gasteiger partial charge is 0.305 e. The van der Waals surface area contributed by atoms with Gasteiger partial charge >= 0.3 is 5.97 Å². The molecular formula is C17H23NO4. The summed E-state index contributed by atoms with van der Waals surface area (Å²) < 4.78 is 5.13. The minimum atomic E-state index is -0.863. The summed E-state index contributed by atoms with van der Waals surface area (Å²) in [5.41, 5.74) is 0.369. The predicted molar refractivity (Wildman–Crippen MR) is 83.0 cm³/mol. The minimum absolute atomic E-state index is 0.00220. The number of carbonyl (C=O) groups is 2. The summed E-state index contributed by atoms with van der Waals surface area (Å²) in [6, 6.07) is 7.44. The number of benzene rings is 1. The molecular weight excluding hydrogens is 282 g/mol. The molecule has 1 saturated carbocycles. The Labute approximate surface area is 130 Å². The van der Waals surface area contributed by atoms with Crippen molar-refractivity contribution in [1.82, 2.24) is 5.32 Å². The number of carboxylic acid groups (broad SMARTS) is 1. The fraction of sp³-hybridized carbons (Fsp3) is 0.529. The third kappa shape index (κ3) is 3.59. The van der Waals surface area contributed by atoms with E-state index >= 15 is 0 Å². The third-order valence-corrected chi connectivity index (χ3v) is 4.43. The molecule has 1 amide bonds. The average Bonchev–Trinajstić information content (AvgIpc) is 2.46. The molecule has 2 N–H and O–H groups in total. The summed E-state index contributed by atoms with van der Waals surface area (Å²) in [6.07, 6.45) is 3.11. The highest BCUT2D eigenvalue weighted by atomic mass is 16.5. The highest BCUT2D eigenvalue weighted by molar-refractivity contribution is 5.85. The summed E-state index contributed by atoms with van der Waals surface area (Å²) in [6.45, 7) is 1.96. The summed E-state index contributed by atoms with van der Waals surface area (Å²) in [5, 5.41) is 12.0. The molecule has 5 nitrogen and oxygen atoms in total. The molecule has 1 atom stereocenters. The van der Waals surface area contributed by atoms with E-state index in [0.29, 0.717) is 6.42 Å². The third-order valence-electron chi connectivity index (χ3n) is 4.43. The molecule has 2 rings (SSSR count). The van der Waals surface area contributed by atoms with Crippen LogP contribution >= 0.6 is 0 Å². The highest BCUT2D eigenvalue weighted by Crippen LogP contribution is 2.36. The zero-order valence-electron chi connectivity index (χ0n) is 13.1. The van der Waals surface area contributed by atoms with Crippen molar-refractivity contribution in [3.05, 3.63) is 29.8 Å². The van der Waals surface area contributed by atoms with Gasteiger partial charge in [0.05, 0.1) is 25.0 Å². The van der Waals surface area contributed by atoms with E-state index in [0.717, 1.165) is 30.6 Å². The Morgan fingerprint density at radius 1 is 1.32 bits per heavy atom. The predicted octanol–water partition coefficient (Wildman–Crippen LogP) is 2.70. The van der Waals surface area contributed by atoms with Crippen LogP contribution in [0.3, 0.4) is 0 Å². The van der Waals surface area contributed by atoms with Crippen molar-refractivity contribution in [3.63, 3.8) is 0 Å². The van der Waals surface area contributed by atoms with Crippen molar-refractivity contribution in [2.45, 2.75) is 50.5 Å². The zero-order chi connectivity index (χ0) is 16.2. The first-order valence-corrected chi connectivity index (χ1v) is 7.67. The van der Waals surface area contributed by atoms with Crippen molar-refractivity contribution in [3.8, 4) is 5.75 Å². The van der Waals surface area contributed by atoms with Crippen LogP contribution in [0.25, 0.3) is 0 Å². The second-order valence-electron chi connectivity index (χ2n) is 5.93. The molecule has 0 bridgehead atoms. The zero-order valence-corrected chi connectivity index (χ0v) is 13.1. The first-order valence-electron chi connectivity index (χ1n) is 7.67. The number of hydrogen-bond acceptors (Lipinski definition) is 3. The number of carboxylic acids is 1. The van der Waals surface area contributed by atoms with Gasteiger partial charge in [0.25, 0.3) is 0 Å². The van der Waals surface area contributed by atoms with E-state index in [1.165, 1.54) is 0 Å². The minimum Gasteiger partial charge on any atom is -0.497 e. The van der Waals surface area contributed by atoms with E-state index < -0.39 is 11.5 Å². The number of nitrogens with one attached hydrogen (secondary N) is 1. The van der Waals surface area contributed by atoms with Gasteiger partial charge in [-0.05, 0) is 43.4 Å². The molecule has 0 aliphatic heterocycles. The summed E-state index contributed by atoms with van der Waals surface area (Å²) in [5.74, 6) is -0.469. The number of methoxy groups -OCH3 is 1. The Morgan fingerprint density at radius 2 is 1.95 bits per heavy atom. The van der Waals surface area contributed by atoms with E-state index in [1.807, 2.05) is 31.2 Å². The Bertz CT molecular complexity index is 534. The van der Waals surface area contributed by atoms with Crippen LogP contribution in [-0.2, 0) is 9.59 Å². The average molecular weight is 305 g/mol. The molecule has 22 heavy (non-hydrogen) atoms. The monoisotopic (exact) mass is 305 g/mol. The fourth-order valence-corrected chi connectivity index (χ4v) is 3.00. The molecule has 1 fully saturated rings. The van der Waals surface area contributed by atoms with Crippen LogP contribution in [0.4, 0.5) is 0 Å². The normalized spacial score (nSPS) is 17.2. The van der Waals surface area contributed by atoms with E-state index in [9.17, 15) is 9.59 Å². The fourth-order valence-electron chi connectivity index (χ4n) is 3.00. The second kappa shape index (κ2) is 6.81. The van der Waals surface area contributed by atoms with Crippen LogP contribution in [-0.4, -0.2) is 29.6 Å². The summed E-state index contributed by atoms with van der Waals surface area (Å²) in [4.78, 5) is 23.6. The highest BCUT2D eigenvalue weighted by Gasteiger charge is 2.41. The maximum absolute atomic E-state index is 12.6. The van der Waals surface area contributed by atoms with E-state index in [2.05, 4.69) is 5.32 Å². The first-order chi connectivity index (χ1) is 10.5. The van der Waals surface area contributed by atoms with Gasteiger partial charge in [0.2, 0.25) is 5.91 Å². The maximum atomic E-state index is 12.6. The molecule has 5 heteroatoms. The molecule has 1 aromatic rings. The van der Waals surface area contributed by atoms with Crippen molar-refractivity contribution < 1.29 is 19.4 Å². The number of hydrogen-bond donors (Lipinski definition) is 2. The molecule has 0 spiro atoms. The lowest BCUT2D eigenvalue weighted by Crippen LogP contribution is -2.55. The van der Waals surface area contributed by atoms with Gasteiger partial charge in [0.15, 0.2) is 0 Å². The van der Waals surface area contributed by atoms with Crippen LogP contribution in [0.5, 0.6) is 5.75 Å². The van der Waals surface area contributed by atoms with E-state index in [1.54, 1.807) is 7.11 Å². The molecule has 120 valence electrons. The number of aliphatic carboxylic acids is 1. The molecule has 0 saturated heterocycles. The second-order valence-corrected chi connectivity index (χ2v) is 5.93. The SMILES string of the molecule is CCC(C(=O)NC1(CC(=O)O)CCC1)c1ccc(OC)cc1. The number of rotatable bonds is 7. The Morgan fingerprint density at radius 3 is 2.36 bits per heavy atom. The van der Waals surface area contributed by atoms with Gasteiger partial charge < -0.3 is 15.2 Å². The number of amides is 1. The van der Waals surface area contributed by atoms with Gasteiger partial charge in [-0.15, -0.1) is 0 Å². The first kappa shape index (κ1) is 16.3. The largest absolute Gasteiger partial charge is 0.497 e. The molecule has 0 aromatic heterocycles. The van der Waals surface area contributed by atoms with Crippen molar-refractivity contribution in [1.29, 1.82) is 0 Å². The molecule has 0 radical (unpaired) electrons. The molecule has 1 aliphatic rings. The maximum Gasteiger partial charge on any atom is 0.305 e. The molecule has 0 heterocycles. The van der Waals surface area contributed by atoms with Crippen molar-refractivity contribution in [2.24, 2.45) is 0 Å². The standard InChI is InChI=1S/C17H23NO4/c1-3-14(12-5-7-13(22-2)8-6-12)16(21)18-17(9-4-10-17)11-15(19)20/h5-8,14H,3-4,9-11H2,1-2H3,(H,18,21)(H,19,20). The molecule has 1 unspecified atom stereocenters. The Kier molecular flexibility index (Phi) is 5.06. The molecule has 1 aliphatic carbocycles. The van der Waals surface area contributed by atoms with Gasteiger partial charge in [-0.2, -0.15) is 0 Å². The quantitative estimate of drug-likeness (QED) is 0.812. The van der Waals surface area contributed by atoms with Gasteiger partial charge in [-0.3, -0.25) is 9.59 Å². The van der Waals surface area contributed by atoms with Crippen molar-refractivity contribution >= 4 is 11.9 Å². The van der Waals surface area contributed by atoms with Gasteiger partial charge in [-0.1, -0.05) is 19.1 Å². The lowest BCUT2D eigenvalue weighted by atomic mass is 9.74. The van der Waals surface area contributed by atoms with Gasteiger partial charge in [0, 0.05) is 0 Å². The Hall–Kier alpha value is -2.04. The van der Waals surface area contributed by atoms with Crippen LogP contribution in [0.15, 0.2) is 24.3 Å². The number of ether oxygens (including phenoxy) is 1. The van der Waals surface area contributed by atoms with E-state index in [-0.39, 0.29) is 18.2 Å². The number of carbonyl (C=O) groups excluding carboxylic acids is 1. The van der Waals surface area contributed by atoms with Crippen LogP contribution < -0.4 is 10.1 Å². The van der Waals surface area contributed by atoms with Gasteiger partial charge in [-0.25, -0.2) is 0 Å². The van der Waals surface area contributed by atoms with Crippen LogP contribution in [0, 0.1) is 0 Å². The lowest BCUT2D eigenvalue weighted by Gasteiger charge is -2.42. The van der Waals surface area contributed by atoms with Crippen LogP contribution in [0.2, 0.25) is 0 Å². The Balaban J connectivity index is 2.09. The summed E-state index contributed by atoms with van der Waals surface area (Å²) in [7, 11) is 1.60. The van der Waals surface area contributed by atoms with Crippen LogP contribution in [0.1, 0.15) is 50.5 Å². The van der Waals surface area contributed by atoms with Gasteiger partial charge in [0.1, 0.15) is 5.75 Å². The van der Waals surface area contributed by atoms with Crippen molar-refractivity contribution in [2.75, 3.05) is 7.11 Å². The lowest BCUT2D eigenvalue weighted by molar-refractivity contribution is -0.140. The summed E-state index contributed by atoms with van der Waals surface area (Å²) >= 11 is 0. The topological polar surface area (TPSA) is 75.6 Å². The molecule has 1 aromatic carbocycles. The van der Waals surface area contributed by atoms with E-state index in [4.69, 9.17) is 9.84 Å².